The lowest BCUT2D eigenvalue weighted by molar-refractivity contribution is 0.257. The molecule has 1 N–H and O–H groups in total. The van der Waals surface area contributed by atoms with Crippen LogP contribution in [0.15, 0.2) is 18.2 Å². The maximum Gasteiger partial charge on any atom is 0.123 e. The lowest BCUT2D eigenvalue weighted by Crippen LogP contribution is -2.34. The quantitative estimate of drug-likeness (QED) is 0.801. The summed E-state index contributed by atoms with van der Waals surface area (Å²) in [5.41, 5.74) is 2.80. The van der Waals surface area contributed by atoms with Gasteiger partial charge >= 0.3 is 0 Å². The van der Waals surface area contributed by atoms with E-state index in [1.807, 2.05) is 0 Å². The number of ether oxygens (including phenoxy) is 1. The molecule has 0 aliphatic heterocycles. The van der Waals surface area contributed by atoms with Crippen LogP contribution in [0, 0.1) is 0 Å². The van der Waals surface area contributed by atoms with Gasteiger partial charge in [0.25, 0.3) is 0 Å². The average Bonchev–Trinajstić information content (AvgIpc) is 2.42. The molecule has 114 valence electrons. The normalized spacial score (nSPS) is 13.3. The van der Waals surface area contributed by atoms with Crippen LogP contribution in [0.25, 0.3) is 0 Å². The summed E-state index contributed by atoms with van der Waals surface area (Å²) in [5.74, 6) is 1.03. The number of hydrogen-bond donors (Lipinski definition) is 1. The minimum absolute atomic E-state index is 0.112. The summed E-state index contributed by atoms with van der Waals surface area (Å²) in [6, 6.07) is 7.04. The zero-order chi connectivity index (χ0) is 15.2. The molecule has 1 unspecified atom stereocenters. The van der Waals surface area contributed by atoms with Crippen LogP contribution in [0.4, 0.5) is 0 Å². The smallest absolute Gasteiger partial charge is 0.123 e. The van der Waals surface area contributed by atoms with Gasteiger partial charge in [-0.25, -0.2) is 0 Å². The summed E-state index contributed by atoms with van der Waals surface area (Å²) in [4.78, 5) is 0. The van der Waals surface area contributed by atoms with Crippen LogP contribution < -0.4 is 10.1 Å². The van der Waals surface area contributed by atoms with Gasteiger partial charge in [0.1, 0.15) is 12.4 Å². The van der Waals surface area contributed by atoms with Crippen LogP contribution >= 0.6 is 0 Å². The lowest BCUT2D eigenvalue weighted by Gasteiger charge is -2.25. The molecule has 2 nitrogen and oxygen atoms in total. The van der Waals surface area contributed by atoms with E-state index in [-0.39, 0.29) is 5.41 Å². The van der Waals surface area contributed by atoms with Crippen molar-refractivity contribution < 1.29 is 4.74 Å². The number of benzene rings is 1. The standard InChI is InChI=1S/C18H31NO/c1-7-14-10-11-17(16(12-14)18(4,5)6)20-13-15(8-2)19-9-3/h10-12,15,19H,7-9,13H2,1-6H3. The Kier molecular flexibility index (Phi) is 6.54. The predicted molar refractivity (Wildman–Crippen MR) is 87.8 cm³/mol. The van der Waals surface area contributed by atoms with E-state index in [2.05, 4.69) is 65.1 Å². The van der Waals surface area contributed by atoms with Gasteiger partial charge in [0.2, 0.25) is 0 Å². The SMILES string of the molecule is CCNC(CC)COc1ccc(CC)cc1C(C)(C)C. The van der Waals surface area contributed by atoms with Gasteiger partial charge < -0.3 is 10.1 Å². The Morgan fingerprint density at radius 2 is 1.85 bits per heavy atom. The first-order chi connectivity index (χ1) is 9.42. The van der Waals surface area contributed by atoms with Gasteiger partial charge in [-0.15, -0.1) is 0 Å². The molecule has 1 aromatic rings. The number of nitrogens with one attached hydrogen (secondary N) is 1. The van der Waals surface area contributed by atoms with Crippen molar-refractivity contribution >= 4 is 0 Å². The maximum absolute atomic E-state index is 6.11. The molecule has 0 saturated heterocycles. The molecule has 2 heteroatoms. The predicted octanol–water partition coefficient (Wildman–Crippen LogP) is 4.31. The number of likely N-dealkylation sites (N-methyl/N-ethyl adjacent to an activating group) is 1. The van der Waals surface area contributed by atoms with Gasteiger partial charge in [0.15, 0.2) is 0 Å². The zero-order valence-electron chi connectivity index (χ0n) is 14.0. The molecule has 0 fully saturated rings. The Morgan fingerprint density at radius 1 is 1.15 bits per heavy atom. The van der Waals surface area contributed by atoms with Crippen LogP contribution in [0.3, 0.4) is 0 Å². The van der Waals surface area contributed by atoms with E-state index in [1.54, 1.807) is 0 Å². The molecule has 0 aliphatic carbocycles. The molecule has 0 radical (unpaired) electrons. The minimum atomic E-state index is 0.112. The summed E-state index contributed by atoms with van der Waals surface area (Å²) in [6.07, 6.45) is 2.16. The molecule has 0 amide bonds. The number of rotatable bonds is 7. The number of hydrogen-bond acceptors (Lipinski definition) is 2. The summed E-state index contributed by atoms with van der Waals surface area (Å²) in [6.45, 7) is 15.0. The van der Waals surface area contributed by atoms with Crippen molar-refractivity contribution in [2.75, 3.05) is 13.2 Å². The van der Waals surface area contributed by atoms with E-state index in [0.29, 0.717) is 6.04 Å². The summed E-state index contributed by atoms with van der Waals surface area (Å²) in [7, 11) is 0. The van der Waals surface area contributed by atoms with Gasteiger partial charge in [0.05, 0.1) is 0 Å². The third kappa shape index (κ3) is 4.82. The fourth-order valence-corrected chi connectivity index (χ4v) is 2.31. The van der Waals surface area contributed by atoms with E-state index in [0.717, 1.165) is 31.7 Å². The number of aryl methyl sites for hydroxylation is 1. The second-order valence-electron chi connectivity index (χ2n) is 6.41. The molecule has 20 heavy (non-hydrogen) atoms. The van der Waals surface area contributed by atoms with Crippen LogP contribution in [0.2, 0.25) is 0 Å². The first-order valence-corrected chi connectivity index (χ1v) is 7.91. The van der Waals surface area contributed by atoms with Crippen molar-refractivity contribution in [2.45, 2.75) is 65.8 Å². The molecule has 1 aromatic carbocycles. The van der Waals surface area contributed by atoms with Gasteiger partial charge in [-0.2, -0.15) is 0 Å². The van der Waals surface area contributed by atoms with Gasteiger partial charge in [-0.3, -0.25) is 0 Å². The highest BCUT2D eigenvalue weighted by molar-refractivity contribution is 5.41. The van der Waals surface area contributed by atoms with Crippen LogP contribution in [-0.4, -0.2) is 19.2 Å². The van der Waals surface area contributed by atoms with Crippen molar-refractivity contribution in [1.29, 1.82) is 0 Å². The van der Waals surface area contributed by atoms with Crippen molar-refractivity contribution in [1.82, 2.24) is 5.32 Å². The second kappa shape index (κ2) is 7.68. The molecule has 0 aromatic heterocycles. The highest BCUT2D eigenvalue weighted by atomic mass is 16.5. The van der Waals surface area contributed by atoms with Crippen molar-refractivity contribution in [3.63, 3.8) is 0 Å². The molecule has 0 saturated carbocycles. The van der Waals surface area contributed by atoms with E-state index < -0.39 is 0 Å². The summed E-state index contributed by atoms with van der Waals surface area (Å²) < 4.78 is 6.11. The molecular formula is C18H31NO. The van der Waals surface area contributed by atoms with Crippen molar-refractivity contribution in [3.8, 4) is 5.75 Å². The van der Waals surface area contributed by atoms with Crippen molar-refractivity contribution in [3.05, 3.63) is 29.3 Å². The largest absolute Gasteiger partial charge is 0.492 e. The highest BCUT2D eigenvalue weighted by Gasteiger charge is 2.20. The van der Waals surface area contributed by atoms with Crippen molar-refractivity contribution in [2.24, 2.45) is 0 Å². The van der Waals surface area contributed by atoms with Gasteiger partial charge in [-0.05, 0) is 42.0 Å². The maximum atomic E-state index is 6.11. The highest BCUT2D eigenvalue weighted by Crippen LogP contribution is 2.32. The van der Waals surface area contributed by atoms with E-state index >= 15 is 0 Å². The Bertz CT molecular complexity index is 406. The van der Waals surface area contributed by atoms with Gasteiger partial charge in [-0.1, -0.05) is 53.7 Å². The molecule has 0 spiro atoms. The van der Waals surface area contributed by atoms with Crippen LogP contribution in [0.1, 0.15) is 59.1 Å². The first kappa shape index (κ1) is 17.0. The topological polar surface area (TPSA) is 21.3 Å². The third-order valence-corrected chi connectivity index (χ3v) is 3.69. The fourth-order valence-electron chi connectivity index (χ4n) is 2.31. The third-order valence-electron chi connectivity index (χ3n) is 3.69. The minimum Gasteiger partial charge on any atom is -0.492 e. The van der Waals surface area contributed by atoms with E-state index in [9.17, 15) is 0 Å². The molecule has 1 atom stereocenters. The monoisotopic (exact) mass is 277 g/mol. The molecule has 0 bridgehead atoms. The van der Waals surface area contributed by atoms with Crippen LogP contribution in [-0.2, 0) is 11.8 Å². The molecule has 0 heterocycles. The van der Waals surface area contributed by atoms with E-state index in [4.69, 9.17) is 4.74 Å². The summed E-state index contributed by atoms with van der Waals surface area (Å²) in [5, 5.41) is 3.46. The first-order valence-electron chi connectivity index (χ1n) is 7.91. The molecular weight excluding hydrogens is 246 g/mol. The Morgan fingerprint density at radius 3 is 2.35 bits per heavy atom. The van der Waals surface area contributed by atoms with Gasteiger partial charge in [0, 0.05) is 6.04 Å². The lowest BCUT2D eigenvalue weighted by atomic mass is 9.85. The summed E-state index contributed by atoms with van der Waals surface area (Å²) >= 11 is 0. The molecule has 0 aliphatic rings. The second-order valence-corrected chi connectivity index (χ2v) is 6.41. The Hall–Kier alpha value is -1.02. The van der Waals surface area contributed by atoms with E-state index in [1.165, 1.54) is 11.1 Å². The average molecular weight is 277 g/mol. The van der Waals surface area contributed by atoms with Crippen LogP contribution in [0.5, 0.6) is 5.75 Å². The fraction of sp³-hybridized carbons (Fsp3) is 0.667. The Labute approximate surface area is 124 Å². The Balaban J connectivity index is 2.88. The zero-order valence-corrected chi connectivity index (χ0v) is 14.0. The molecule has 1 rings (SSSR count).